The Morgan fingerprint density at radius 3 is 2.71 bits per heavy atom. The zero-order chi connectivity index (χ0) is 5.70. The number of halogens is 1. The molecule has 0 radical (unpaired) electrons. The molecule has 0 aromatic heterocycles. The first-order valence-corrected chi connectivity index (χ1v) is 4.53. The quantitative estimate of drug-likeness (QED) is 0.426. The fraction of sp³-hybridized carbons (Fsp3) is 0.250. The van der Waals surface area contributed by atoms with Crippen LogP contribution in [0.5, 0.6) is 0 Å². The third-order valence-electron chi connectivity index (χ3n) is 0.273. The molecule has 0 N–H and O–H groups in total. The molecular formula is C4H5BrORu. The van der Waals surface area contributed by atoms with E-state index in [0.717, 1.165) is 5.02 Å². The van der Waals surface area contributed by atoms with Crippen LogP contribution in [0.15, 0.2) is 12.7 Å². The maximum atomic E-state index is 10.1. The fourth-order valence-electron chi connectivity index (χ4n) is 0.108. The van der Waals surface area contributed by atoms with Gasteiger partial charge in [-0.2, -0.15) is 0 Å². The summed E-state index contributed by atoms with van der Waals surface area (Å²) in [6.45, 7) is 3.48. The van der Waals surface area contributed by atoms with E-state index in [9.17, 15) is 4.79 Å². The minimum atomic E-state index is -0.123. The molecule has 42 valence electrons. The van der Waals surface area contributed by atoms with Gasteiger partial charge in [0.15, 0.2) is 0 Å². The standard InChI is InChI=1S/C3H5.CBrO.Ru/c1-3-2;2-1-3;/h3H,1-2H2;;. The van der Waals surface area contributed by atoms with Crippen LogP contribution < -0.4 is 0 Å². The Balaban J connectivity index is 2.97. The van der Waals surface area contributed by atoms with Crippen molar-refractivity contribution in [1.29, 1.82) is 0 Å². The summed E-state index contributed by atoms with van der Waals surface area (Å²) >= 11 is 2.71. The van der Waals surface area contributed by atoms with E-state index in [0.29, 0.717) is 0 Å². The van der Waals surface area contributed by atoms with Gasteiger partial charge in [-0.1, -0.05) is 0 Å². The summed E-state index contributed by atoms with van der Waals surface area (Å²) in [6.07, 6.45) is 1.76. The number of allylic oxidation sites excluding steroid dienone is 1. The zero-order valence-corrected chi connectivity index (χ0v) is 6.96. The predicted molar refractivity (Wildman–Crippen MR) is 29.3 cm³/mol. The summed E-state index contributed by atoms with van der Waals surface area (Å²) in [5.41, 5.74) is 0. The first kappa shape index (κ1) is 7.51. The van der Waals surface area contributed by atoms with E-state index in [1.807, 2.05) is 0 Å². The van der Waals surface area contributed by atoms with Gasteiger partial charge < -0.3 is 0 Å². The van der Waals surface area contributed by atoms with Crippen LogP contribution in [0, 0.1) is 0 Å². The van der Waals surface area contributed by atoms with E-state index in [4.69, 9.17) is 0 Å². The van der Waals surface area contributed by atoms with E-state index in [2.05, 4.69) is 22.5 Å². The van der Waals surface area contributed by atoms with Crippen LogP contribution in [0.3, 0.4) is 0 Å². The van der Waals surface area contributed by atoms with Crippen LogP contribution in [0.25, 0.3) is 0 Å². The van der Waals surface area contributed by atoms with Gasteiger partial charge in [0.25, 0.3) is 0 Å². The molecule has 0 aliphatic rings. The Bertz CT molecular complexity index is 81.8. The van der Waals surface area contributed by atoms with Crippen LogP contribution in [-0.4, -0.2) is 3.29 Å². The van der Waals surface area contributed by atoms with Gasteiger partial charge in [-0.05, 0) is 0 Å². The minimum absolute atomic E-state index is 0.123. The molecule has 0 aromatic rings. The van der Waals surface area contributed by atoms with Crippen LogP contribution in [0.1, 0.15) is 0 Å². The Hall–Kier alpha value is 0.513. The first-order valence-electron chi connectivity index (χ1n) is 1.64. The molecule has 0 saturated carbocycles. The van der Waals surface area contributed by atoms with E-state index in [-0.39, 0.29) is 20.4 Å². The number of rotatable bonds is 3. The summed E-state index contributed by atoms with van der Waals surface area (Å²) in [5.74, 6) is 0. The molecule has 0 fully saturated rings. The monoisotopic (exact) mass is 250 g/mol. The van der Waals surface area contributed by atoms with Crippen LogP contribution in [-0.2, 0) is 17.1 Å². The summed E-state index contributed by atoms with van der Waals surface area (Å²) < 4.78 is 0.139. The molecule has 1 nitrogen and oxygen atoms in total. The Morgan fingerprint density at radius 1 is 2.00 bits per heavy atom. The summed E-state index contributed by atoms with van der Waals surface area (Å²) in [5, 5.41) is 0.858. The second kappa shape index (κ2) is 4.67. The SMILES string of the molecule is C=C[CH2][Ru][C](=O)Br. The van der Waals surface area contributed by atoms with Crippen molar-refractivity contribution in [2.45, 2.75) is 5.02 Å². The molecule has 0 saturated heterocycles. The summed E-state index contributed by atoms with van der Waals surface area (Å²) in [6, 6.07) is 0. The molecule has 7 heavy (non-hydrogen) atoms. The molecule has 0 amide bonds. The van der Waals surface area contributed by atoms with E-state index < -0.39 is 0 Å². The normalized spacial score (nSPS) is 8.71. The zero-order valence-electron chi connectivity index (χ0n) is 3.63. The van der Waals surface area contributed by atoms with Crippen molar-refractivity contribution in [3.63, 3.8) is 0 Å². The van der Waals surface area contributed by atoms with Crippen molar-refractivity contribution < 1.29 is 21.9 Å². The van der Waals surface area contributed by atoms with Crippen LogP contribution in [0.4, 0.5) is 4.79 Å². The van der Waals surface area contributed by atoms with Crippen molar-refractivity contribution >= 4 is 19.2 Å². The molecule has 0 spiro atoms. The summed E-state index contributed by atoms with van der Waals surface area (Å²) in [7, 11) is 0. The Morgan fingerprint density at radius 2 is 2.57 bits per heavy atom. The van der Waals surface area contributed by atoms with E-state index in [1.165, 1.54) is 0 Å². The van der Waals surface area contributed by atoms with Gasteiger partial charge in [-0.15, -0.1) is 0 Å². The number of hydrogen-bond acceptors (Lipinski definition) is 1. The average Bonchev–Trinajstić information content (AvgIpc) is 1.61. The molecule has 3 heteroatoms. The van der Waals surface area contributed by atoms with E-state index >= 15 is 0 Å². The van der Waals surface area contributed by atoms with E-state index in [1.54, 1.807) is 6.08 Å². The topological polar surface area (TPSA) is 17.1 Å². The molecular weight excluding hydrogens is 245 g/mol. The van der Waals surface area contributed by atoms with Crippen LogP contribution >= 0.6 is 15.9 Å². The second-order valence-corrected chi connectivity index (χ2v) is 4.76. The molecule has 0 unspecified atom stereocenters. The van der Waals surface area contributed by atoms with Gasteiger partial charge in [-0.25, -0.2) is 0 Å². The van der Waals surface area contributed by atoms with Gasteiger partial charge in [0.1, 0.15) is 0 Å². The number of hydrogen-bond donors (Lipinski definition) is 0. The van der Waals surface area contributed by atoms with Crippen molar-refractivity contribution in [3.05, 3.63) is 12.7 Å². The Kier molecular flexibility index (Phi) is 5.01. The molecule has 0 bridgehead atoms. The second-order valence-electron chi connectivity index (χ2n) is 0.774. The van der Waals surface area contributed by atoms with Gasteiger partial charge >= 0.3 is 58.8 Å². The average molecular weight is 250 g/mol. The molecule has 0 aliphatic heterocycles. The first-order chi connectivity index (χ1) is 3.27. The van der Waals surface area contributed by atoms with Crippen LogP contribution in [0.2, 0.25) is 5.02 Å². The van der Waals surface area contributed by atoms with Gasteiger partial charge in [0, 0.05) is 0 Å². The predicted octanol–water partition coefficient (Wildman–Crippen LogP) is 2.19. The van der Waals surface area contributed by atoms with Gasteiger partial charge in [0.05, 0.1) is 0 Å². The molecule has 0 aliphatic carbocycles. The molecule has 0 rings (SSSR count). The van der Waals surface area contributed by atoms with Crippen molar-refractivity contribution in [2.75, 3.05) is 0 Å². The Labute approximate surface area is 58.9 Å². The van der Waals surface area contributed by atoms with Crippen molar-refractivity contribution in [1.82, 2.24) is 0 Å². The maximum absolute atomic E-state index is 10.1. The molecule has 0 aromatic carbocycles. The van der Waals surface area contributed by atoms with Gasteiger partial charge in [-0.3, -0.25) is 0 Å². The molecule has 0 heterocycles. The molecule has 0 atom stereocenters. The third kappa shape index (κ3) is 6.51. The summed E-state index contributed by atoms with van der Waals surface area (Å²) in [4.78, 5) is 10.1. The van der Waals surface area contributed by atoms with Crippen molar-refractivity contribution in [2.24, 2.45) is 0 Å². The fourth-order valence-corrected chi connectivity index (χ4v) is 1.31. The van der Waals surface area contributed by atoms with Crippen molar-refractivity contribution in [3.8, 4) is 0 Å². The van der Waals surface area contributed by atoms with Gasteiger partial charge in [0.2, 0.25) is 0 Å². The number of carbonyl (C=O) groups excluding carboxylic acids is 1. The third-order valence-corrected chi connectivity index (χ3v) is 2.79. The number of carbonyl (C=O) groups is 1.